The minimum Gasteiger partial charge on any atom is -0.374 e. The molecule has 0 aliphatic carbocycles. The molecule has 2 heterocycles. The summed E-state index contributed by atoms with van der Waals surface area (Å²) >= 11 is 0. The van der Waals surface area contributed by atoms with Crippen LogP contribution in [0.3, 0.4) is 0 Å². The van der Waals surface area contributed by atoms with Gasteiger partial charge in [0.15, 0.2) is 0 Å². The Labute approximate surface area is 111 Å². The molecular formula is C13H28N4O. The Morgan fingerprint density at radius 3 is 2.50 bits per heavy atom. The molecule has 0 radical (unpaired) electrons. The lowest BCUT2D eigenvalue weighted by molar-refractivity contribution is -0.0292. The lowest BCUT2D eigenvalue weighted by Crippen LogP contribution is -2.50. The molecule has 0 saturated carbocycles. The SMILES string of the molecule is CNCC1CN(CCN2CCN(C)CC2)CCO1. The van der Waals surface area contributed by atoms with Crippen molar-refractivity contribution in [2.75, 3.05) is 79.6 Å². The molecule has 2 aliphatic rings. The van der Waals surface area contributed by atoms with E-state index in [9.17, 15) is 0 Å². The van der Waals surface area contributed by atoms with E-state index >= 15 is 0 Å². The highest BCUT2D eigenvalue weighted by Crippen LogP contribution is 2.05. The van der Waals surface area contributed by atoms with Crippen molar-refractivity contribution in [1.29, 1.82) is 0 Å². The third-order valence-corrected chi connectivity index (χ3v) is 3.98. The van der Waals surface area contributed by atoms with Crippen LogP contribution in [-0.4, -0.2) is 100 Å². The van der Waals surface area contributed by atoms with Crippen molar-refractivity contribution < 1.29 is 4.74 Å². The standard InChI is InChI=1S/C13H28N4O/c1-14-11-13-12-17(9-10-18-13)8-7-16-5-3-15(2)4-6-16/h13-14H,3-12H2,1-2H3. The Hall–Kier alpha value is -0.200. The summed E-state index contributed by atoms with van der Waals surface area (Å²) in [5.74, 6) is 0. The summed E-state index contributed by atoms with van der Waals surface area (Å²) < 4.78 is 5.73. The van der Waals surface area contributed by atoms with Crippen LogP contribution in [-0.2, 0) is 4.74 Å². The second-order valence-electron chi connectivity index (χ2n) is 5.50. The molecule has 1 N–H and O–H groups in total. The zero-order valence-corrected chi connectivity index (χ0v) is 11.9. The molecule has 0 aromatic heterocycles. The normalized spacial score (nSPS) is 28.7. The van der Waals surface area contributed by atoms with Crippen LogP contribution in [0.15, 0.2) is 0 Å². The fraction of sp³-hybridized carbons (Fsp3) is 1.00. The predicted molar refractivity (Wildman–Crippen MR) is 74.0 cm³/mol. The maximum atomic E-state index is 5.73. The predicted octanol–water partition coefficient (Wildman–Crippen LogP) is -0.846. The summed E-state index contributed by atoms with van der Waals surface area (Å²) in [5.41, 5.74) is 0. The van der Waals surface area contributed by atoms with E-state index in [1.165, 1.54) is 39.3 Å². The lowest BCUT2D eigenvalue weighted by Gasteiger charge is -2.36. The smallest absolute Gasteiger partial charge is 0.0826 e. The molecule has 1 atom stereocenters. The van der Waals surface area contributed by atoms with Gasteiger partial charge in [-0.3, -0.25) is 9.80 Å². The zero-order valence-electron chi connectivity index (χ0n) is 11.9. The Balaban J connectivity index is 1.63. The lowest BCUT2D eigenvalue weighted by atomic mass is 10.2. The average Bonchev–Trinajstić information content (AvgIpc) is 2.39. The minimum absolute atomic E-state index is 0.372. The van der Waals surface area contributed by atoms with E-state index in [0.29, 0.717) is 6.10 Å². The van der Waals surface area contributed by atoms with Crippen LogP contribution >= 0.6 is 0 Å². The highest BCUT2D eigenvalue weighted by molar-refractivity contribution is 4.75. The second-order valence-corrected chi connectivity index (χ2v) is 5.50. The van der Waals surface area contributed by atoms with E-state index in [2.05, 4.69) is 27.1 Å². The highest BCUT2D eigenvalue weighted by atomic mass is 16.5. The zero-order chi connectivity index (χ0) is 12.8. The fourth-order valence-corrected chi connectivity index (χ4v) is 2.69. The van der Waals surface area contributed by atoms with Gasteiger partial charge >= 0.3 is 0 Å². The quantitative estimate of drug-likeness (QED) is 0.693. The van der Waals surface area contributed by atoms with Gasteiger partial charge < -0.3 is 15.0 Å². The molecular weight excluding hydrogens is 228 g/mol. The van der Waals surface area contributed by atoms with E-state index in [1.807, 2.05) is 7.05 Å². The van der Waals surface area contributed by atoms with Crippen molar-refractivity contribution in [2.45, 2.75) is 6.10 Å². The Kier molecular flexibility index (Phi) is 5.85. The van der Waals surface area contributed by atoms with Crippen LogP contribution in [0, 0.1) is 0 Å². The van der Waals surface area contributed by atoms with Crippen molar-refractivity contribution in [3.63, 3.8) is 0 Å². The first-order chi connectivity index (χ1) is 8.78. The van der Waals surface area contributed by atoms with E-state index in [0.717, 1.165) is 26.2 Å². The number of nitrogens with zero attached hydrogens (tertiary/aromatic N) is 3. The number of hydrogen-bond donors (Lipinski definition) is 1. The maximum absolute atomic E-state index is 5.73. The van der Waals surface area contributed by atoms with Gasteiger partial charge in [-0.05, 0) is 14.1 Å². The van der Waals surface area contributed by atoms with Crippen molar-refractivity contribution in [1.82, 2.24) is 20.0 Å². The largest absolute Gasteiger partial charge is 0.374 e. The van der Waals surface area contributed by atoms with Crippen LogP contribution in [0.2, 0.25) is 0 Å². The van der Waals surface area contributed by atoms with E-state index < -0.39 is 0 Å². The molecule has 0 aromatic rings. The molecule has 1 unspecified atom stereocenters. The molecule has 0 bridgehead atoms. The molecule has 5 heteroatoms. The van der Waals surface area contributed by atoms with Crippen molar-refractivity contribution in [2.24, 2.45) is 0 Å². The topological polar surface area (TPSA) is 31.0 Å². The average molecular weight is 256 g/mol. The number of hydrogen-bond acceptors (Lipinski definition) is 5. The molecule has 2 saturated heterocycles. The first-order valence-electron chi connectivity index (χ1n) is 7.17. The van der Waals surface area contributed by atoms with Gasteiger partial charge in [-0.25, -0.2) is 0 Å². The van der Waals surface area contributed by atoms with Gasteiger partial charge in [0.1, 0.15) is 0 Å². The van der Waals surface area contributed by atoms with E-state index in [4.69, 9.17) is 4.74 Å². The second kappa shape index (κ2) is 7.40. The third-order valence-electron chi connectivity index (χ3n) is 3.98. The Bertz CT molecular complexity index is 229. The van der Waals surface area contributed by atoms with Crippen LogP contribution in [0.4, 0.5) is 0 Å². The van der Waals surface area contributed by atoms with Crippen molar-refractivity contribution in [3.05, 3.63) is 0 Å². The summed E-state index contributed by atoms with van der Waals surface area (Å²) in [4.78, 5) is 7.54. The van der Waals surface area contributed by atoms with Gasteiger partial charge in [-0.1, -0.05) is 0 Å². The van der Waals surface area contributed by atoms with Crippen LogP contribution in [0.5, 0.6) is 0 Å². The van der Waals surface area contributed by atoms with Gasteiger partial charge in [0.05, 0.1) is 12.7 Å². The first kappa shape index (κ1) is 14.2. The summed E-state index contributed by atoms with van der Waals surface area (Å²) in [6, 6.07) is 0. The van der Waals surface area contributed by atoms with Gasteiger partial charge in [0, 0.05) is 58.9 Å². The van der Waals surface area contributed by atoms with Crippen molar-refractivity contribution >= 4 is 0 Å². The Morgan fingerprint density at radius 1 is 1.06 bits per heavy atom. The Morgan fingerprint density at radius 2 is 1.78 bits per heavy atom. The number of ether oxygens (including phenoxy) is 1. The molecule has 0 spiro atoms. The molecule has 2 aliphatic heterocycles. The summed E-state index contributed by atoms with van der Waals surface area (Å²) in [6.45, 7) is 11.3. The van der Waals surface area contributed by atoms with Crippen LogP contribution in [0.25, 0.3) is 0 Å². The monoisotopic (exact) mass is 256 g/mol. The third kappa shape index (κ3) is 4.48. The number of rotatable bonds is 5. The van der Waals surface area contributed by atoms with Gasteiger partial charge in [-0.15, -0.1) is 0 Å². The number of likely N-dealkylation sites (N-methyl/N-ethyl adjacent to an activating group) is 2. The highest BCUT2D eigenvalue weighted by Gasteiger charge is 2.20. The van der Waals surface area contributed by atoms with E-state index in [1.54, 1.807) is 0 Å². The van der Waals surface area contributed by atoms with Crippen LogP contribution in [0.1, 0.15) is 0 Å². The number of morpholine rings is 1. The van der Waals surface area contributed by atoms with Gasteiger partial charge in [0.2, 0.25) is 0 Å². The molecule has 18 heavy (non-hydrogen) atoms. The van der Waals surface area contributed by atoms with E-state index in [-0.39, 0.29) is 0 Å². The van der Waals surface area contributed by atoms with Crippen LogP contribution < -0.4 is 5.32 Å². The molecule has 106 valence electrons. The summed E-state index contributed by atoms with van der Waals surface area (Å²) in [7, 11) is 4.20. The van der Waals surface area contributed by atoms with Gasteiger partial charge in [0.25, 0.3) is 0 Å². The molecule has 2 rings (SSSR count). The maximum Gasteiger partial charge on any atom is 0.0826 e. The fourth-order valence-electron chi connectivity index (χ4n) is 2.69. The molecule has 0 aromatic carbocycles. The first-order valence-corrected chi connectivity index (χ1v) is 7.17. The molecule has 5 nitrogen and oxygen atoms in total. The molecule has 2 fully saturated rings. The summed E-state index contributed by atoms with van der Waals surface area (Å²) in [5, 5.41) is 3.20. The number of piperazine rings is 1. The summed E-state index contributed by atoms with van der Waals surface area (Å²) in [6.07, 6.45) is 0.372. The van der Waals surface area contributed by atoms with Crippen molar-refractivity contribution in [3.8, 4) is 0 Å². The number of nitrogens with one attached hydrogen (secondary N) is 1. The van der Waals surface area contributed by atoms with Gasteiger partial charge in [-0.2, -0.15) is 0 Å². The molecule has 0 amide bonds. The minimum atomic E-state index is 0.372.